The Morgan fingerprint density at radius 1 is 1.33 bits per heavy atom. The number of halogens is 1. The van der Waals surface area contributed by atoms with E-state index in [1.807, 2.05) is 42.5 Å². The van der Waals surface area contributed by atoms with Crippen LogP contribution in [0.3, 0.4) is 0 Å². The minimum atomic E-state index is -0.639. The Hall–Kier alpha value is -1.96. The van der Waals surface area contributed by atoms with Crippen molar-refractivity contribution in [3.63, 3.8) is 0 Å². The number of carbonyl (C=O) groups excluding carboxylic acids is 1. The molecule has 0 saturated carbocycles. The molecular weight excluding hydrogens is 421 g/mol. The molecule has 0 radical (unpaired) electrons. The molecule has 0 saturated heterocycles. The zero-order chi connectivity index (χ0) is 16.9. The van der Waals surface area contributed by atoms with Gasteiger partial charge >= 0.3 is 5.97 Å². The molecule has 6 heteroatoms. The summed E-state index contributed by atoms with van der Waals surface area (Å²) in [5, 5.41) is 3.21. The van der Waals surface area contributed by atoms with Gasteiger partial charge in [-0.15, -0.1) is 0 Å². The molecule has 0 aromatic heterocycles. The van der Waals surface area contributed by atoms with Crippen LogP contribution in [0.4, 0.5) is 5.69 Å². The van der Waals surface area contributed by atoms with Gasteiger partial charge in [0.2, 0.25) is 6.10 Å². The lowest BCUT2D eigenvalue weighted by atomic mass is 10.2. The van der Waals surface area contributed by atoms with Crippen molar-refractivity contribution < 1.29 is 19.0 Å². The summed E-state index contributed by atoms with van der Waals surface area (Å²) in [6.45, 7) is 2.99. The summed E-state index contributed by atoms with van der Waals surface area (Å²) in [4.78, 5) is 11.9. The lowest BCUT2D eigenvalue weighted by molar-refractivity contribution is -0.150. The molecule has 1 aliphatic rings. The molecule has 24 heavy (non-hydrogen) atoms. The lowest BCUT2D eigenvalue weighted by Crippen LogP contribution is -2.39. The summed E-state index contributed by atoms with van der Waals surface area (Å²) < 4.78 is 17.7. The Morgan fingerprint density at radius 3 is 2.88 bits per heavy atom. The number of ether oxygens (including phenoxy) is 3. The van der Waals surface area contributed by atoms with Gasteiger partial charge in [-0.1, -0.05) is 30.3 Å². The second-order valence-corrected chi connectivity index (χ2v) is 6.45. The van der Waals surface area contributed by atoms with E-state index in [0.717, 1.165) is 20.6 Å². The second kappa shape index (κ2) is 7.74. The zero-order valence-electron chi connectivity index (χ0n) is 13.3. The number of esters is 1. The van der Waals surface area contributed by atoms with E-state index in [1.165, 1.54) is 0 Å². The van der Waals surface area contributed by atoms with E-state index < -0.39 is 6.10 Å². The maximum absolute atomic E-state index is 11.9. The third-order valence-electron chi connectivity index (χ3n) is 3.57. The van der Waals surface area contributed by atoms with Crippen LogP contribution < -0.4 is 14.8 Å². The Labute approximate surface area is 154 Å². The smallest absolute Gasteiger partial charge is 0.349 e. The molecule has 0 amide bonds. The van der Waals surface area contributed by atoms with Gasteiger partial charge in [0.25, 0.3) is 0 Å². The highest BCUT2D eigenvalue weighted by Gasteiger charge is 2.28. The van der Waals surface area contributed by atoms with Gasteiger partial charge in [0, 0.05) is 6.07 Å². The van der Waals surface area contributed by atoms with E-state index in [1.54, 1.807) is 6.92 Å². The van der Waals surface area contributed by atoms with Crippen LogP contribution in [0.25, 0.3) is 0 Å². The van der Waals surface area contributed by atoms with Gasteiger partial charge < -0.3 is 19.5 Å². The van der Waals surface area contributed by atoms with Crippen molar-refractivity contribution in [2.75, 3.05) is 18.5 Å². The van der Waals surface area contributed by atoms with Crippen LogP contribution in [-0.4, -0.2) is 25.2 Å². The highest BCUT2D eigenvalue weighted by molar-refractivity contribution is 14.1. The van der Waals surface area contributed by atoms with E-state index in [4.69, 9.17) is 14.2 Å². The fourth-order valence-electron chi connectivity index (χ4n) is 2.38. The number of benzene rings is 2. The topological polar surface area (TPSA) is 56.8 Å². The largest absolute Gasteiger partial charge is 0.488 e. The molecule has 126 valence electrons. The molecule has 1 atom stereocenters. The molecule has 2 aromatic rings. The molecule has 0 aliphatic carbocycles. The molecule has 5 nitrogen and oxygen atoms in total. The number of carbonyl (C=O) groups is 1. The van der Waals surface area contributed by atoms with Crippen molar-refractivity contribution in [1.29, 1.82) is 0 Å². The van der Waals surface area contributed by atoms with E-state index in [-0.39, 0.29) is 5.97 Å². The molecule has 0 bridgehead atoms. The maximum Gasteiger partial charge on any atom is 0.349 e. The van der Waals surface area contributed by atoms with Crippen molar-refractivity contribution in [2.24, 2.45) is 0 Å². The number of hydrogen-bond acceptors (Lipinski definition) is 5. The Morgan fingerprint density at radius 2 is 2.12 bits per heavy atom. The minimum Gasteiger partial charge on any atom is -0.488 e. The quantitative estimate of drug-likeness (QED) is 0.570. The van der Waals surface area contributed by atoms with Crippen molar-refractivity contribution >= 4 is 34.2 Å². The van der Waals surface area contributed by atoms with Crippen molar-refractivity contribution in [2.45, 2.75) is 19.6 Å². The standard InChI is InChI=1S/C18H18INO4/c1-2-22-18(21)17-10-20-14-8-13(19)15(9-16(14)24-17)23-11-12-6-4-3-5-7-12/h3-9,17,20H,2,10-11H2,1H3. The molecule has 1 unspecified atom stereocenters. The first kappa shape index (κ1) is 16.9. The van der Waals surface area contributed by atoms with Gasteiger partial charge in [-0.25, -0.2) is 4.79 Å². The predicted molar refractivity (Wildman–Crippen MR) is 99.5 cm³/mol. The van der Waals surface area contributed by atoms with Crippen LogP contribution in [0.1, 0.15) is 12.5 Å². The summed E-state index contributed by atoms with van der Waals surface area (Å²) in [5.41, 5.74) is 1.95. The summed E-state index contributed by atoms with van der Waals surface area (Å²) in [7, 11) is 0. The van der Waals surface area contributed by atoms with Crippen LogP contribution in [0.15, 0.2) is 42.5 Å². The molecule has 1 aliphatic heterocycles. The minimum absolute atomic E-state index is 0.337. The Balaban J connectivity index is 1.73. The molecule has 2 aromatic carbocycles. The van der Waals surface area contributed by atoms with Gasteiger partial charge in [0.15, 0.2) is 0 Å². The normalized spacial score (nSPS) is 15.7. The predicted octanol–water partition coefficient (Wildman–Crippen LogP) is 3.61. The fourth-order valence-corrected chi connectivity index (χ4v) is 3.00. The van der Waals surface area contributed by atoms with Gasteiger partial charge in [-0.3, -0.25) is 0 Å². The third-order valence-corrected chi connectivity index (χ3v) is 4.41. The zero-order valence-corrected chi connectivity index (χ0v) is 15.4. The number of fused-ring (bicyclic) bond motifs is 1. The molecule has 1 heterocycles. The van der Waals surface area contributed by atoms with E-state index >= 15 is 0 Å². The third kappa shape index (κ3) is 3.92. The summed E-state index contributed by atoms with van der Waals surface area (Å²) >= 11 is 2.23. The molecule has 1 N–H and O–H groups in total. The van der Waals surface area contributed by atoms with Crippen molar-refractivity contribution in [3.05, 3.63) is 51.6 Å². The molecule has 3 rings (SSSR count). The van der Waals surface area contributed by atoms with Crippen molar-refractivity contribution in [1.82, 2.24) is 0 Å². The highest BCUT2D eigenvalue weighted by Crippen LogP contribution is 2.37. The second-order valence-electron chi connectivity index (χ2n) is 5.29. The van der Waals surface area contributed by atoms with Crippen LogP contribution in [0.2, 0.25) is 0 Å². The Kier molecular flexibility index (Phi) is 5.44. The van der Waals surface area contributed by atoms with Gasteiger partial charge in [0.05, 0.1) is 22.4 Å². The molecular formula is C18H18INO4. The summed E-state index contributed by atoms with van der Waals surface area (Å²) in [5.74, 6) is 0.966. The number of anilines is 1. The monoisotopic (exact) mass is 439 g/mol. The highest BCUT2D eigenvalue weighted by atomic mass is 127. The van der Waals surface area contributed by atoms with E-state index in [0.29, 0.717) is 25.5 Å². The first-order valence-corrected chi connectivity index (χ1v) is 8.82. The maximum atomic E-state index is 11.9. The summed E-state index contributed by atoms with van der Waals surface area (Å²) in [6.07, 6.45) is -0.639. The van der Waals surface area contributed by atoms with Crippen LogP contribution in [0, 0.1) is 3.57 Å². The number of nitrogens with one attached hydrogen (secondary N) is 1. The van der Waals surface area contributed by atoms with Crippen LogP contribution in [-0.2, 0) is 16.1 Å². The average Bonchev–Trinajstić information content (AvgIpc) is 2.60. The lowest BCUT2D eigenvalue weighted by Gasteiger charge is -2.26. The molecule has 0 spiro atoms. The average molecular weight is 439 g/mol. The first-order chi connectivity index (χ1) is 11.7. The van der Waals surface area contributed by atoms with E-state index in [9.17, 15) is 4.79 Å². The van der Waals surface area contributed by atoms with Crippen LogP contribution >= 0.6 is 22.6 Å². The first-order valence-electron chi connectivity index (χ1n) is 7.75. The molecule has 0 fully saturated rings. The van der Waals surface area contributed by atoms with Gasteiger partial charge in [-0.05, 0) is 41.1 Å². The number of hydrogen-bond donors (Lipinski definition) is 1. The van der Waals surface area contributed by atoms with Gasteiger partial charge in [0.1, 0.15) is 18.1 Å². The van der Waals surface area contributed by atoms with E-state index in [2.05, 4.69) is 27.9 Å². The van der Waals surface area contributed by atoms with Gasteiger partial charge in [-0.2, -0.15) is 0 Å². The van der Waals surface area contributed by atoms with Crippen LogP contribution in [0.5, 0.6) is 11.5 Å². The van der Waals surface area contributed by atoms with Crippen molar-refractivity contribution in [3.8, 4) is 11.5 Å². The summed E-state index contributed by atoms with van der Waals surface area (Å²) in [6, 6.07) is 13.7. The fraction of sp³-hybridized carbons (Fsp3) is 0.278. The SMILES string of the molecule is CCOC(=O)C1CNc2cc(I)c(OCc3ccccc3)cc2O1. The Bertz CT molecular complexity index is 720. The number of rotatable bonds is 5.